The average Bonchev–Trinajstić information content (AvgIpc) is 2.32. The minimum absolute atomic E-state index is 0.186. The quantitative estimate of drug-likeness (QED) is 0.812. The maximum atomic E-state index is 11.7. The van der Waals surface area contributed by atoms with Crippen molar-refractivity contribution in [2.45, 2.75) is 13.0 Å². The van der Waals surface area contributed by atoms with Crippen molar-refractivity contribution >= 4 is 33.4 Å². The Balaban J connectivity index is 2.53. The number of carbonyl (C=O) groups excluding carboxylic acids is 1. The fourth-order valence-corrected chi connectivity index (χ4v) is 2.01. The molecule has 1 aromatic rings. The SMILES string of the molecule is COCCNC(=O)[C@@H](C)Oc1ccc(Cl)cc1Br. The molecular formula is C12H15BrClNO3. The van der Waals surface area contributed by atoms with Crippen molar-refractivity contribution < 1.29 is 14.3 Å². The fourth-order valence-electron chi connectivity index (χ4n) is 1.23. The van der Waals surface area contributed by atoms with E-state index in [9.17, 15) is 4.79 Å². The van der Waals surface area contributed by atoms with Crippen LogP contribution in [0.5, 0.6) is 5.75 Å². The first kappa shape index (κ1) is 15.3. The molecular weight excluding hydrogens is 321 g/mol. The Morgan fingerprint density at radius 2 is 2.28 bits per heavy atom. The first-order chi connectivity index (χ1) is 8.54. The minimum atomic E-state index is -0.584. The molecule has 1 aromatic carbocycles. The van der Waals surface area contributed by atoms with Gasteiger partial charge in [-0.2, -0.15) is 0 Å². The van der Waals surface area contributed by atoms with Crippen molar-refractivity contribution in [2.24, 2.45) is 0 Å². The highest BCUT2D eigenvalue weighted by Crippen LogP contribution is 2.28. The number of hydrogen-bond donors (Lipinski definition) is 1. The summed E-state index contributed by atoms with van der Waals surface area (Å²) in [6.45, 7) is 2.62. The van der Waals surface area contributed by atoms with Crippen molar-refractivity contribution in [2.75, 3.05) is 20.3 Å². The molecule has 1 rings (SSSR count). The first-order valence-corrected chi connectivity index (χ1v) is 6.60. The van der Waals surface area contributed by atoms with Gasteiger partial charge in [-0.25, -0.2) is 0 Å². The molecule has 1 amide bonds. The van der Waals surface area contributed by atoms with Gasteiger partial charge in [0.15, 0.2) is 6.10 Å². The van der Waals surface area contributed by atoms with Gasteiger partial charge in [0.05, 0.1) is 11.1 Å². The van der Waals surface area contributed by atoms with Crippen LogP contribution in [-0.4, -0.2) is 32.3 Å². The summed E-state index contributed by atoms with van der Waals surface area (Å²) >= 11 is 9.15. The lowest BCUT2D eigenvalue weighted by molar-refractivity contribution is -0.127. The van der Waals surface area contributed by atoms with Crippen molar-refractivity contribution in [1.29, 1.82) is 0 Å². The lowest BCUT2D eigenvalue weighted by Crippen LogP contribution is -2.37. The molecule has 0 aliphatic heterocycles. The number of carbonyl (C=O) groups is 1. The number of methoxy groups -OCH3 is 1. The van der Waals surface area contributed by atoms with Crippen LogP contribution in [0.3, 0.4) is 0 Å². The molecule has 0 heterocycles. The van der Waals surface area contributed by atoms with E-state index in [0.29, 0.717) is 28.4 Å². The molecule has 0 aliphatic rings. The van der Waals surface area contributed by atoms with E-state index in [1.54, 1.807) is 32.2 Å². The Labute approximate surface area is 120 Å². The van der Waals surface area contributed by atoms with Gasteiger partial charge in [-0.3, -0.25) is 4.79 Å². The van der Waals surface area contributed by atoms with Crippen LogP contribution >= 0.6 is 27.5 Å². The lowest BCUT2D eigenvalue weighted by Gasteiger charge is -2.15. The van der Waals surface area contributed by atoms with E-state index < -0.39 is 6.10 Å². The summed E-state index contributed by atoms with van der Waals surface area (Å²) in [5.41, 5.74) is 0. The van der Waals surface area contributed by atoms with Gasteiger partial charge in [0, 0.05) is 18.7 Å². The highest BCUT2D eigenvalue weighted by molar-refractivity contribution is 9.10. The highest BCUT2D eigenvalue weighted by atomic mass is 79.9. The number of nitrogens with one attached hydrogen (secondary N) is 1. The van der Waals surface area contributed by atoms with Gasteiger partial charge >= 0.3 is 0 Å². The zero-order valence-electron chi connectivity index (χ0n) is 10.2. The predicted octanol–water partition coefficient (Wildman–Crippen LogP) is 2.63. The predicted molar refractivity (Wildman–Crippen MR) is 74.1 cm³/mol. The summed E-state index contributed by atoms with van der Waals surface area (Å²) < 4.78 is 11.1. The van der Waals surface area contributed by atoms with Gasteiger partial charge in [0.2, 0.25) is 0 Å². The van der Waals surface area contributed by atoms with Gasteiger partial charge in [0.25, 0.3) is 5.91 Å². The maximum Gasteiger partial charge on any atom is 0.260 e. The molecule has 1 N–H and O–H groups in total. The van der Waals surface area contributed by atoms with E-state index in [1.165, 1.54) is 0 Å². The fraction of sp³-hybridized carbons (Fsp3) is 0.417. The lowest BCUT2D eigenvalue weighted by atomic mass is 10.3. The molecule has 18 heavy (non-hydrogen) atoms. The maximum absolute atomic E-state index is 11.7. The second-order valence-electron chi connectivity index (χ2n) is 3.62. The summed E-state index contributed by atoms with van der Waals surface area (Å²) in [5.74, 6) is 0.391. The number of hydrogen-bond acceptors (Lipinski definition) is 3. The molecule has 0 unspecified atom stereocenters. The minimum Gasteiger partial charge on any atom is -0.480 e. The van der Waals surface area contributed by atoms with E-state index in [-0.39, 0.29) is 5.91 Å². The van der Waals surface area contributed by atoms with Crippen LogP contribution in [0.15, 0.2) is 22.7 Å². The van der Waals surface area contributed by atoms with E-state index in [4.69, 9.17) is 21.1 Å². The number of ether oxygens (including phenoxy) is 2. The number of benzene rings is 1. The van der Waals surface area contributed by atoms with Crippen molar-refractivity contribution in [3.8, 4) is 5.75 Å². The Morgan fingerprint density at radius 1 is 1.56 bits per heavy atom. The molecule has 4 nitrogen and oxygen atoms in total. The van der Waals surface area contributed by atoms with Crippen molar-refractivity contribution in [3.05, 3.63) is 27.7 Å². The average molecular weight is 337 g/mol. The van der Waals surface area contributed by atoms with Gasteiger partial charge in [-0.15, -0.1) is 0 Å². The van der Waals surface area contributed by atoms with Crippen LogP contribution in [0.4, 0.5) is 0 Å². The van der Waals surface area contributed by atoms with Crippen LogP contribution in [0.1, 0.15) is 6.92 Å². The van der Waals surface area contributed by atoms with Gasteiger partial charge in [-0.05, 0) is 41.1 Å². The van der Waals surface area contributed by atoms with E-state index in [2.05, 4.69) is 21.2 Å². The summed E-state index contributed by atoms with van der Waals surface area (Å²) in [6, 6.07) is 5.13. The van der Waals surface area contributed by atoms with E-state index >= 15 is 0 Å². The molecule has 0 fully saturated rings. The molecule has 6 heteroatoms. The van der Waals surface area contributed by atoms with Crippen LogP contribution in [-0.2, 0) is 9.53 Å². The summed E-state index contributed by atoms with van der Waals surface area (Å²) in [7, 11) is 1.58. The van der Waals surface area contributed by atoms with Gasteiger partial charge < -0.3 is 14.8 Å². The smallest absolute Gasteiger partial charge is 0.260 e. The number of halogens is 2. The summed E-state index contributed by atoms with van der Waals surface area (Å²) in [5, 5.41) is 3.31. The summed E-state index contributed by atoms with van der Waals surface area (Å²) in [6.07, 6.45) is -0.584. The van der Waals surface area contributed by atoms with Gasteiger partial charge in [-0.1, -0.05) is 11.6 Å². The third-order valence-electron chi connectivity index (χ3n) is 2.17. The molecule has 0 aliphatic carbocycles. The third-order valence-corrected chi connectivity index (χ3v) is 3.03. The zero-order valence-corrected chi connectivity index (χ0v) is 12.5. The third kappa shape index (κ3) is 4.84. The Morgan fingerprint density at radius 3 is 2.89 bits per heavy atom. The molecule has 0 aromatic heterocycles. The van der Waals surface area contributed by atoms with Crippen LogP contribution in [0, 0.1) is 0 Å². The Hall–Kier alpha value is -0.780. The van der Waals surface area contributed by atoms with E-state index in [0.717, 1.165) is 0 Å². The summed E-state index contributed by atoms with van der Waals surface area (Å²) in [4.78, 5) is 11.7. The molecule has 1 atom stereocenters. The van der Waals surface area contributed by atoms with Crippen molar-refractivity contribution in [1.82, 2.24) is 5.32 Å². The van der Waals surface area contributed by atoms with Crippen LogP contribution in [0.25, 0.3) is 0 Å². The van der Waals surface area contributed by atoms with Gasteiger partial charge in [0.1, 0.15) is 5.75 Å². The molecule has 100 valence electrons. The van der Waals surface area contributed by atoms with E-state index in [1.807, 2.05) is 0 Å². The molecule has 0 spiro atoms. The monoisotopic (exact) mass is 335 g/mol. The van der Waals surface area contributed by atoms with Crippen LogP contribution < -0.4 is 10.1 Å². The first-order valence-electron chi connectivity index (χ1n) is 5.43. The normalized spacial score (nSPS) is 12.0. The second kappa shape index (κ2) is 7.61. The second-order valence-corrected chi connectivity index (χ2v) is 4.91. The number of rotatable bonds is 6. The highest BCUT2D eigenvalue weighted by Gasteiger charge is 2.15. The number of amides is 1. The largest absolute Gasteiger partial charge is 0.480 e. The topological polar surface area (TPSA) is 47.6 Å². The standard InChI is InChI=1S/C12H15BrClNO3/c1-8(12(16)15-5-6-17-2)18-11-4-3-9(14)7-10(11)13/h3-4,7-8H,5-6H2,1-2H3,(H,15,16)/t8-/m1/s1. The Bertz CT molecular complexity index is 414. The van der Waals surface area contributed by atoms with Crippen molar-refractivity contribution in [3.63, 3.8) is 0 Å². The molecule has 0 radical (unpaired) electrons. The zero-order chi connectivity index (χ0) is 13.5. The molecule has 0 saturated carbocycles. The Kier molecular flexibility index (Phi) is 6.46. The molecule has 0 bridgehead atoms. The van der Waals surface area contributed by atoms with Crippen LogP contribution in [0.2, 0.25) is 5.02 Å². The molecule has 0 saturated heterocycles.